The van der Waals surface area contributed by atoms with Crippen molar-refractivity contribution in [3.05, 3.63) is 45.6 Å². The maximum Gasteiger partial charge on any atom is 0.00981 e. The van der Waals surface area contributed by atoms with Gasteiger partial charge >= 0.3 is 0 Å². The summed E-state index contributed by atoms with van der Waals surface area (Å²) in [6.07, 6.45) is 0. The van der Waals surface area contributed by atoms with Crippen molar-refractivity contribution in [2.75, 3.05) is 0 Å². The van der Waals surface area contributed by atoms with Crippen LogP contribution in [0.4, 0.5) is 0 Å². The maximum atomic E-state index is 2.21. The van der Waals surface area contributed by atoms with E-state index in [1.165, 1.54) is 26.4 Å². The third-order valence-corrected chi connectivity index (χ3v) is 3.75. The summed E-state index contributed by atoms with van der Waals surface area (Å²) in [6.45, 7) is 6.60. The fourth-order valence-corrected chi connectivity index (χ4v) is 2.91. The van der Waals surface area contributed by atoms with Crippen molar-refractivity contribution in [3.63, 3.8) is 0 Å². The molecule has 0 N–H and O–H groups in total. The number of hydrogen-bond donors (Lipinski definition) is 0. The van der Waals surface area contributed by atoms with E-state index in [9.17, 15) is 0 Å². The molecule has 2 rings (SSSR count). The van der Waals surface area contributed by atoms with Gasteiger partial charge in [-0.15, -0.1) is 11.3 Å². The Bertz CT molecular complexity index is 438. The van der Waals surface area contributed by atoms with E-state index in [2.05, 4.69) is 51.1 Å². The topological polar surface area (TPSA) is 0 Å². The molecule has 0 nitrogen and oxygen atoms in total. The Kier molecular flexibility index (Phi) is 2.42. The monoisotopic (exact) mass is 202 g/mol. The van der Waals surface area contributed by atoms with E-state index in [-0.39, 0.29) is 0 Å². The highest BCUT2D eigenvalue weighted by Crippen LogP contribution is 2.34. The first-order valence-corrected chi connectivity index (χ1v) is 5.64. The molecule has 0 saturated carbocycles. The van der Waals surface area contributed by atoms with Crippen LogP contribution < -0.4 is 0 Å². The third-order valence-electron chi connectivity index (χ3n) is 2.62. The minimum atomic E-state index is 1.34. The number of rotatable bonds is 1. The average molecular weight is 202 g/mol. The van der Waals surface area contributed by atoms with Gasteiger partial charge in [-0.1, -0.05) is 30.3 Å². The highest BCUT2D eigenvalue weighted by atomic mass is 32.1. The quantitative estimate of drug-likeness (QED) is 0.645. The number of thiophene rings is 1. The van der Waals surface area contributed by atoms with Crippen LogP contribution in [0.2, 0.25) is 0 Å². The lowest BCUT2D eigenvalue weighted by Gasteiger charge is -2.02. The largest absolute Gasteiger partial charge is 0.145 e. The molecule has 0 radical (unpaired) electrons. The lowest BCUT2D eigenvalue weighted by atomic mass is 10.0. The van der Waals surface area contributed by atoms with E-state index in [4.69, 9.17) is 0 Å². The second kappa shape index (κ2) is 3.58. The smallest absolute Gasteiger partial charge is 0.00981 e. The number of benzene rings is 1. The molecule has 0 spiro atoms. The van der Waals surface area contributed by atoms with E-state index >= 15 is 0 Å². The van der Waals surface area contributed by atoms with Crippen molar-refractivity contribution in [2.45, 2.75) is 20.8 Å². The number of aryl methyl sites for hydroxylation is 2. The minimum Gasteiger partial charge on any atom is -0.145 e. The summed E-state index contributed by atoms with van der Waals surface area (Å²) in [6, 6.07) is 10.6. The zero-order valence-corrected chi connectivity index (χ0v) is 9.61. The molecule has 2 aromatic rings. The Morgan fingerprint density at radius 3 is 2.00 bits per heavy atom. The maximum absolute atomic E-state index is 2.21. The van der Waals surface area contributed by atoms with Gasteiger partial charge in [0.2, 0.25) is 0 Å². The molecule has 0 aliphatic carbocycles. The first-order chi connectivity index (χ1) is 6.70. The van der Waals surface area contributed by atoms with Crippen molar-refractivity contribution in [1.29, 1.82) is 0 Å². The van der Waals surface area contributed by atoms with Gasteiger partial charge in [-0.3, -0.25) is 0 Å². The Hall–Kier alpha value is -1.08. The highest BCUT2D eigenvalue weighted by Gasteiger charge is 2.09. The summed E-state index contributed by atoms with van der Waals surface area (Å²) < 4.78 is 0. The molecule has 14 heavy (non-hydrogen) atoms. The molecular formula is C13H14S. The predicted molar refractivity (Wildman–Crippen MR) is 64.0 cm³/mol. The van der Waals surface area contributed by atoms with E-state index in [0.29, 0.717) is 0 Å². The third kappa shape index (κ3) is 1.48. The summed E-state index contributed by atoms with van der Waals surface area (Å²) in [5, 5.41) is 0. The molecule has 0 atom stereocenters. The molecular weight excluding hydrogens is 188 g/mol. The molecule has 0 aliphatic rings. The van der Waals surface area contributed by atoms with Gasteiger partial charge in [-0.2, -0.15) is 0 Å². The summed E-state index contributed by atoms with van der Waals surface area (Å²) in [7, 11) is 0. The Morgan fingerprint density at radius 1 is 0.857 bits per heavy atom. The van der Waals surface area contributed by atoms with Gasteiger partial charge in [-0.25, -0.2) is 0 Å². The van der Waals surface area contributed by atoms with Crippen LogP contribution in [0.15, 0.2) is 30.3 Å². The van der Waals surface area contributed by atoms with E-state index in [1.807, 2.05) is 11.3 Å². The summed E-state index contributed by atoms with van der Waals surface area (Å²) >= 11 is 1.89. The van der Waals surface area contributed by atoms with Crippen LogP contribution in [0.5, 0.6) is 0 Å². The molecule has 1 heterocycles. The van der Waals surface area contributed by atoms with Crippen LogP contribution in [-0.4, -0.2) is 0 Å². The van der Waals surface area contributed by atoms with Crippen LogP contribution in [0, 0.1) is 20.8 Å². The van der Waals surface area contributed by atoms with Gasteiger partial charge in [0.25, 0.3) is 0 Å². The Balaban J connectivity index is 2.62. The van der Waals surface area contributed by atoms with E-state index in [1.54, 1.807) is 0 Å². The highest BCUT2D eigenvalue weighted by molar-refractivity contribution is 7.12. The molecule has 0 saturated heterocycles. The van der Waals surface area contributed by atoms with Crippen LogP contribution in [0.3, 0.4) is 0 Å². The second-order valence-electron chi connectivity index (χ2n) is 3.58. The van der Waals surface area contributed by atoms with Crippen molar-refractivity contribution in [3.8, 4) is 11.1 Å². The molecule has 0 bridgehead atoms. The van der Waals surface area contributed by atoms with Gasteiger partial charge < -0.3 is 0 Å². The second-order valence-corrected chi connectivity index (χ2v) is 5.01. The summed E-state index contributed by atoms with van der Waals surface area (Å²) in [5.74, 6) is 0. The first kappa shape index (κ1) is 9.47. The van der Waals surface area contributed by atoms with Crippen LogP contribution >= 0.6 is 11.3 Å². The van der Waals surface area contributed by atoms with Crippen LogP contribution in [0.25, 0.3) is 11.1 Å². The molecule has 0 unspecified atom stereocenters. The molecule has 1 aromatic carbocycles. The van der Waals surface area contributed by atoms with Crippen molar-refractivity contribution >= 4 is 11.3 Å². The predicted octanol–water partition coefficient (Wildman–Crippen LogP) is 4.34. The fourth-order valence-electron chi connectivity index (χ4n) is 1.82. The molecule has 1 aromatic heterocycles. The molecule has 0 aliphatic heterocycles. The van der Waals surface area contributed by atoms with Gasteiger partial charge in [0.15, 0.2) is 0 Å². The Labute approximate surface area is 89.2 Å². The van der Waals surface area contributed by atoms with Gasteiger partial charge in [0, 0.05) is 9.75 Å². The molecule has 0 fully saturated rings. The van der Waals surface area contributed by atoms with Crippen molar-refractivity contribution < 1.29 is 0 Å². The first-order valence-electron chi connectivity index (χ1n) is 4.82. The normalized spacial score (nSPS) is 10.5. The molecule has 72 valence electrons. The minimum absolute atomic E-state index is 1.34. The SMILES string of the molecule is Cc1sc(C)c(-c2ccccc2)c1C. The van der Waals surface area contributed by atoms with Crippen molar-refractivity contribution in [1.82, 2.24) is 0 Å². The van der Waals surface area contributed by atoms with Gasteiger partial charge in [0.1, 0.15) is 0 Å². The fraction of sp³-hybridized carbons (Fsp3) is 0.231. The molecule has 0 amide bonds. The van der Waals surface area contributed by atoms with Crippen molar-refractivity contribution in [2.24, 2.45) is 0 Å². The zero-order chi connectivity index (χ0) is 10.1. The van der Waals surface area contributed by atoms with Gasteiger partial charge in [-0.05, 0) is 37.5 Å². The lowest BCUT2D eigenvalue weighted by molar-refractivity contribution is 1.42. The van der Waals surface area contributed by atoms with E-state index < -0.39 is 0 Å². The zero-order valence-electron chi connectivity index (χ0n) is 8.79. The molecule has 1 heteroatoms. The standard InChI is InChI=1S/C13H14S/c1-9-10(2)14-11(3)13(9)12-7-5-4-6-8-12/h4-8H,1-3H3. The average Bonchev–Trinajstić information content (AvgIpc) is 2.43. The van der Waals surface area contributed by atoms with Crippen LogP contribution in [0.1, 0.15) is 15.3 Å². The lowest BCUT2D eigenvalue weighted by Crippen LogP contribution is -1.80. The van der Waals surface area contributed by atoms with Gasteiger partial charge in [0.05, 0.1) is 0 Å². The summed E-state index contributed by atoms with van der Waals surface area (Å²) in [4.78, 5) is 2.85. The number of hydrogen-bond acceptors (Lipinski definition) is 1. The van der Waals surface area contributed by atoms with Crippen LogP contribution in [-0.2, 0) is 0 Å². The van der Waals surface area contributed by atoms with E-state index in [0.717, 1.165) is 0 Å². The summed E-state index contributed by atoms with van der Waals surface area (Å²) in [5.41, 5.74) is 4.19. The Morgan fingerprint density at radius 2 is 1.50 bits per heavy atom.